The fourth-order valence-electron chi connectivity index (χ4n) is 4.20. The molecule has 4 rings (SSSR count). The minimum absolute atomic E-state index is 0. The van der Waals surface area contributed by atoms with Gasteiger partial charge in [0.1, 0.15) is 12.4 Å². The molecule has 1 fully saturated rings. The van der Waals surface area contributed by atoms with E-state index in [4.69, 9.17) is 14.5 Å². The quantitative estimate of drug-likeness (QED) is 0.286. The molecular weight excluding hydrogens is 533 g/mol. The number of rotatable bonds is 8. The third-order valence-electron chi connectivity index (χ3n) is 5.78. The van der Waals surface area contributed by atoms with Gasteiger partial charge in [0.15, 0.2) is 11.8 Å². The minimum atomic E-state index is 0. The number of hydrogen-bond donors (Lipinski definition) is 2. The Morgan fingerprint density at radius 3 is 2.88 bits per heavy atom. The molecule has 0 amide bonds. The number of nitrogens with zero attached hydrogens (tertiary/aromatic N) is 5. The predicted molar refractivity (Wildman–Crippen MR) is 139 cm³/mol. The number of fused-ring (bicyclic) bond motifs is 1. The average Bonchev–Trinajstić information content (AvgIpc) is 3.20. The van der Waals surface area contributed by atoms with Crippen LogP contribution in [0.1, 0.15) is 36.1 Å². The molecule has 9 nitrogen and oxygen atoms in total. The van der Waals surface area contributed by atoms with E-state index >= 15 is 0 Å². The van der Waals surface area contributed by atoms with Crippen LogP contribution in [0.15, 0.2) is 29.3 Å². The zero-order valence-corrected chi connectivity index (χ0v) is 22.0. The van der Waals surface area contributed by atoms with Crippen molar-refractivity contribution in [2.24, 2.45) is 4.99 Å². The second kappa shape index (κ2) is 13.2. The highest BCUT2D eigenvalue weighted by atomic mass is 127. The Labute approximate surface area is 213 Å². The van der Waals surface area contributed by atoms with Gasteiger partial charge in [0.05, 0.1) is 26.3 Å². The van der Waals surface area contributed by atoms with Crippen LogP contribution in [0.4, 0.5) is 0 Å². The number of halogens is 1. The lowest BCUT2D eigenvalue weighted by Crippen LogP contribution is -2.47. The number of ether oxygens (including phenoxy) is 2. The maximum absolute atomic E-state index is 5.46. The van der Waals surface area contributed by atoms with Gasteiger partial charge in [-0.2, -0.15) is 5.10 Å². The molecule has 2 aromatic rings. The van der Waals surface area contributed by atoms with Crippen molar-refractivity contribution < 1.29 is 9.47 Å². The molecule has 0 spiro atoms. The number of aliphatic imine (C=N–C) groups is 1. The molecule has 2 aliphatic rings. The summed E-state index contributed by atoms with van der Waals surface area (Å²) in [7, 11) is 1.67. The first-order chi connectivity index (χ1) is 15.7. The number of guanidine groups is 1. The normalized spacial score (nSPS) is 19.0. The molecule has 182 valence electrons. The number of hydrogen-bond acceptors (Lipinski definition) is 6. The van der Waals surface area contributed by atoms with Crippen LogP contribution in [0, 0.1) is 0 Å². The number of aromatic nitrogens is 3. The third kappa shape index (κ3) is 7.62. The molecule has 2 N–H and O–H groups in total. The lowest BCUT2D eigenvalue weighted by Gasteiger charge is -2.26. The zero-order valence-electron chi connectivity index (χ0n) is 19.6. The number of morpholine rings is 1. The Morgan fingerprint density at radius 2 is 2.09 bits per heavy atom. The van der Waals surface area contributed by atoms with E-state index in [0.717, 1.165) is 76.4 Å². The summed E-state index contributed by atoms with van der Waals surface area (Å²) in [6, 6.07) is 9.01. The highest BCUT2D eigenvalue weighted by Crippen LogP contribution is 2.14. The lowest BCUT2D eigenvalue weighted by atomic mass is 10.1. The van der Waals surface area contributed by atoms with Gasteiger partial charge in [-0.1, -0.05) is 24.3 Å². The van der Waals surface area contributed by atoms with Gasteiger partial charge in [0.2, 0.25) is 0 Å². The molecule has 10 heteroatoms. The Bertz CT molecular complexity index is 899. The lowest BCUT2D eigenvalue weighted by molar-refractivity contribution is 0.0342. The number of methoxy groups -OCH3 is 1. The summed E-state index contributed by atoms with van der Waals surface area (Å²) in [5.41, 5.74) is 2.55. The van der Waals surface area contributed by atoms with Crippen LogP contribution < -0.4 is 10.6 Å². The second-order valence-corrected chi connectivity index (χ2v) is 8.34. The van der Waals surface area contributed by atoms with Crippen molar-refractivity contribution >= 4 is 29.9 Å². The van der Waals surface area contributed by atoms with Gasteiger partial charge in [-0.3, -0.25) is 4.90 Å². The van der Waals surface area contributed by atoms with E-state index in [2.05, 4.69) is 56.8 Å². The van der Waals surface area contributed by atoms with Crippen LogP contribution in [0.25, 0.3) is 0 Å². The zero-order chi connectivity index (χ0) is 22.2. The van der Waals surface area contributed by atoms with Crippen LogP contribution in [0.3, 0.4) is 0 Å². The molecular formula is C23H36IN7O2. The van der Waals surface area contributed by atoms with E-state index in [1.165, 1.54) is 11.1 Å². The van der Waals surface area contributed by atoms with E-state index in [1.807, 2.05) is 4.68 Å². The van der Waals surface area contributed by atoms with Crippen molar-refractivity contribution in [2.75, 3.05) is 40.0 Å². The van der Waals surface area contributed by atoms with Crippen LogP contribution in [-0.2, 0) is 42.1 Å². The van der Waals surface area contributed by atoms with Crippen molar-refractivity contribution in [3.63, 3.8) is 0 Å². The minimum Gasteiger partial charge on any atom is -0.379 e. The Morgan fingerprint density at radius 1 is 1.27 bits per heavy atom. The summed E-state index contributed by atoms with van der Waals surface area (Å²) < 4.78 is 12.6. The monoisotopic (exact) mass is 569 g/mol. The third-order valence-corrected chi connectivity index (χ3v) is 5.78. The first-order valence-corrected chi connectivity index (χ1v) is 11.6. The van der Waals surface area contributed by atoms with Crippen molar-refractivity contribution in [3.8, 4) is 0 Å². The van der Waals surface area contributed by atoms with Crippen molar-refractivity contribution in [3.05, 3.63) is 47.0 Å². The van der Waals surface area contributed by atoms with Crippen LogP contribution in [-0.4, -0.2) is 71.6 Å². The standard InChI is InChI=1S/C23H35N7O2.HI/c1-3-24-23(26-20-7-8-22-27-21(17-31-2)28-30(22)16-20)25-14-18-5-4-6-19(13-18)15-29-9-11-32-12-10-29;/h4-6,13,20H,3,7-12,14-17H2,1-2H3,(H2,24,25,26);1H. The molecule has 0 saturated carbocycles. The van der Waals surface area contributed by atoms with Crippen LogP contribution >= 0.6 is 24.0 Å². The molecule has 1 unspecified atom stereocenters. The van der Waals surface area contributed by atoms with Crippen LogP contribution in [0.2, 0.25) is 0 Å². The summed E-state index contributed by atoms with van der Waals surface area (Å²) in [5, 5.41) is 11.5. The topological polar surface area (TPSA) is 88.8 Å². The van der Waals surface area contributed by atoms with E-state index in [9.17, 15) is 0 Å². The maximum atomic E-state index is 5.46. The number of benzene rings is 1. The van der Waals surface area contributed by atoms with E-state index in [1.54, 1.807) is 7.11 Å². The molecule has 1 atom stereocenters. The number of nitrogens with one attached hydrogen (secondary N) is 2. The molecule has 1 saturated heterocycles. The van der Waals surface area contributed by atoms with Crippen LogP contribution in [0.5, 0.6) is 0 Å². The molecule has 2 aliphatic heterocycles. The highest BCUT2D eigenvalue weighted by Gasteiger charge is 2.22. The molecule has 1 aromatic carbocycles. The maximum Gasteiger partial charge on any atom is 0.191 e. The van der Waals surface area contributed by atoms with Gasteiger partial charge in [-0.25, -0.2) is 14.7 Å². The van der Waals surface area contributed by atoms with Gasteiger partial charge >= 0.3 is 0 Å². The smallest absolute Gasteiger partial charge is 0.191 e. The van der Waals surface area contributed by atoms with Crippen molar-refractivity contribution in [2.45, 2.75) is 52.0 Å². The number of aryl methyl sites for hydroxylation is 1. The van der Waals surface area contributed by atoms with Gasteiger partial charge in [0.25, 0.3) is 0 Å². The fraction of sp³-hybridized carbons (Fsp3) is 0.609. The Hall–Kier alpha value is -1.76. The molecule has 33 heavy (non-hydrogen) atoms. The Balaban J connectivity index is 0.00000306. The first-order valence-electron chi connectivity index (χ1n) is 11.6. The van der Waals surface area contributed by atoms with E-state index < -0.39 is 0 Å². The first kappa shape index (κ1) is 25.9. The summed E-state index contributed by atoms with van der Waals surface area (Å²) in [4.78, 5) is 11.9. The van der Waals surface area contributed by atoms with Crippen molar-refractivity contribution in [1.29, 1.82) is 0 Å². The van der Waals surface area contributed by atoms with Gasteiger partial charge in [0, 0.05) is 45.8 Å². The molecule has 1 aromatic heterocycles. The fourth-order valence-corrected chi connectivity index (χ4v) is 4.20. The summed E-state index contributed by atoms with van der Waals surface area (Å²) >= 11 is 0. The Kier molecular flexibility index (Phi) is 10.4. The molecule has 0 radical (unpaired) electrons. The van der Waals surface area contributed by atoms with E-state index in [0.29, 0.717) is 13.2 Å². The van der Waals surface area contributed by atoms with Gasteiger partial charge in [-0.05, 0) is 24.5 Å². The highest BCUT2D eigenvalue weighted by molar-refractivity contribution is 14.0. The average molecular weight is 569 g/mol. The van der Waals surface area contributed by atoms with E-state index in [-0.39, 0.29) is 30.0 Å². The van der Waals surface area contributed by atoms with Crippen molar-refractivity contribution in [1.82, 2.24) is 30.3 Å². The SMILES string of the molecule is CCNC(=NCc1cccc(CN2CCOCC2)c1)NC1CCc2nc(COC)nn2C1.I. The summed E-state index contributed by atoms with van der Waals surface area (Å²) in [6.07, 6.45) is 1.90. The second-order valence-electron chi connectivity index (χ2n) is 8.34. The molecule has 3 heterocycles. The molecule has 0 bridgehead atoms. The van der Waals surface area contributed by atoms with Gasteiger partial charge < -0.3 is 20.1 Å². The largest absolute Gasteiger partial charge is 0.379 e. The summed E-state index contributed by atoms with van der Waals surface area (Å²) in [6.45, 7) is 9.41. The molecule has 0 aliphatic carbocycles. The summed E-state index contributed by atoms with van der Waals surface area (Å²) in [5.74, 6) is 2.63. The predicted octanol–water partition coefficient (Wildman–Crippen LogP) is 1.94. The van der Waals surface area contributed by atoms with Gasteiger partial charge in [-0.15, -0.1) is 24.0 Å².